The van der Waals surface area contributed by atoms with Crippen molar-refractivity contribution in [2.75, 3.05) is 0 Å². The second-order valence-electron chi connectivity index (χ2n) is 5.19. The van der Waals surface area contributed by atoms with Crippen molar-refractivity contribution in [3.05, 3.63) is 53.2 Å². The molecule has 98 valence electrons. The average molecular weight is 253 g/mol. The lowest BCUT2D eigenvalue weighted by molar-refractivity contribution is 0.101. The fraction of sp³-hybridized carbons (Fsp3) is 0.294. The molecular formula is C17H19NO. The summed E-state index contributed by atoms with van der Waals surface area (Å²) in [6.45, 7) is 7.84. The van der Waals surface area contributed by atoms with Crippen LogP contribution < -0.4 is 0 Å². The number of hydrogen-bond acceptors (Lipinski definition) is 2. The van der Waals surface area contributed by atoms with E-state index in [9.17, 15) is 4.79 Å². The third kappa shape index (κ3) is 2.90. The molecule has 0 atom stereocenters. The van der Waals surface area contributed by atoms with Gasteiger partial charge in [0, 0.05) is 16.8 Å². The molecule has 2 heteroatoms. The molecule has 0 fully saturated rings. The highest BCUT2D eigenvalue weighted by molar-refractivity contribution is 5.95. The van der Waals surface area contributed by atoms with E-state index in [2.05, 4.69) is 26.8 Å². The minimum Gasteiger partial charge on any atom is -0.295 e. The lowest BCUT2D eigenvalue weighted by atomic mass is 10.00. The first kappa shape index (κ1) is 13.5. The van der Waals surface area contributed by atoms with E-state index in [1.807, 2.05) is 30.3 Å². The summed E-state index contributed by atoms with van der Waals surface area (Å²) in [5.41, 5.74) is 4.84. The highest BCUT2D eigenvalue weighted by Gasteiger charge is 2.11. The lowest BCUT2D eigenvalue weighted by Gasteiger charge is -2.11. The Morgan fingerprint density at radius 1 is 1.16 bits per heavy atom. The number of ketones is 1. The zero-order valence-corrected chi connectivity index (χ0v) is 11.9. The average Bonchev–Trinajstić information content (AvgIpc) is 2.38. The Morgan fingerprint density at radius 2 is 1.84 bits per heavy atom. The predicted molar refractivity (Wildman–Crippen MR) is 78.5 cm³/mol. The number of aryl methyl sites for hydroxylation is 1. The Hall–Kier alpha value is -1.96. The molecular weight excluding hydrogens is 234 g/mol. The summed E-state index contributed by atoms with van der Waals surface area (Å²) in [7, 11) is 0. The maximum atomic E-state index is 11.7. The van der Waals surface area contributed by atoms with Gasteiger partial charge in [-0.05, 0) is 37.5 Å². The lowest BCUT2D eigenvalue weighted by Crippen LogP contribution is -2.01. The van der Waals surface area contributed by atoms with Crippen LogP contribution in [0.15, 0.2) is 36.4 Å². The molecule has 0 saturated heterocycles. The Labute approximate surface area is 114 Å². The van der Waals surface area contributed by atoms with Crippen molar-refractivity contribution in [3.8, 4) is 11.3 Å². The molecule has 0 bridgehead atoms. The van der Waals surface area contributed by atoms with E-state index in [-0.39, 0.29) is 5.78 Å². The normalized spacial score (nSPS) is 10.8. The summed E-state index contributed by atoms with van der Waals surface area (Å²) in [5.74, 6) is 0.390. The summed E-state index contributed by atoms with van der Waals surface area (Å²) < 4.78 is 0. The van der Waals surface area contributed by atoms with Crippen molar-refractivity contribution in [1.29, 1.82) is 0 Å². The van der Waals surface area contributed by atoms with Gasteiger partial charge in [0.25, 0.3) is 0 Å². The highest BCUT2D eigenvalue weighted by atomic mass is 16.1. The van der Waals surface area contributed by atoms with Gasteiger partial charge in [-0.3, -0.25) is 9.78 Å². The first-order chi connectivity index (χ1) is 8.99. The number of aromatic nitrogens is 1. The molecule has 0 spiro atoms. The van der Waals surface area contributed by atoms with Gasteiger partial charge in [0.15, 0.2) is 5.78 Å². The molecule has 0 aliphatic heterocycles. The van der Waals surface area contributed by atoms with Gasteiger partial charge in [-0.2, -0.15) is 0 Å². The molecule has 0 N–H and O–H groups in total. The largest absolute Gasteiger partial charge is 0.295 e. The molecule has 0 aliphatic carbocycles. The van der Waals surface area contributed by atoms with Crippen LogP contribution >= 0.6 is 0 Å². The Morgan fingerprint density at radius 3 is 2.42 bits per heavy atom. The second-order valence-corrected chi connectivity index (χ2v) is 5.19. The molecule has 2 aromatic rings. The van der Waals surface area contributed by atoms with Crippen LogP contribution in [0.4, 0.5) is 0 Å². The van der Waals surface area contributed by atoms with E-state index >= 15 is 0 Å². The number of hydrogen-bond donors (Lipinski definition) is 0. The monoisotopic (exact) mass is 253 g/mol. The number of carbonyl (C=O) groups excluding carboxylic acids is 1. The topological polar surface area (TPSA) is 30.0 Å². The third-order valence-electron chi connectivity index (χ3n) is 3.26. The van der Waals surface area contributed by atoms with Crippen LogP contribution in [0.25, 0.3) is 11.3 Å². The first-order valence-corrected chi connectivity index (χ1v) is 6.58. The van der Waals surface area contributed by atoms with Crippen LogP contribution in [0, 0.1) is 6.92 Å². The van der Waals surface area contributed by atoms with E-state index < -0.39 is 0 Å². The number of rotatable bonds is 3. The van der Waals surface area contributed by atoms with Gasteiger partial charge in [-0.1, -0.05) is 38.1 Å². The Bertz CT molecular complexity index is 614. The first-order valence-electron chi connectivity index (χ1n) is 6.58. The van der Waals surface area contributed by atoms with Crippen LogP contribution in [0.5, 0.6) is 0 Å². The molecule has 2 nitrogen and oxygen atoms in total. The standard InChI is InChI=1S/C17H19NO/c1-11(2)16-9-14(13(4)19)10-17(18-16)15-8-6-5-7-12(15)3/h5-11H,1-4H3. The van der Waals surface area contributed by atoms with Gasteiger partial charge in [-0.15, -0.1) is 0 Å². The molecule has 0 amide bonds. The summed E-state index contributed by atoms with van der Waals surface area (Å²) in [6.07, 6.45) is 0. The maximum Gasteiger partial charge on any atom is 0.159 e. The minimum absolute atomic E-state index is 0.0825. The summed E-state index contributed by atoms with van der Waals surface area (Å²) >= 11 is 0. The maximum absolute atomic E-state index is 11.7. The molecule has 1 heterocycles. The number of benzene rings is 1. The van der Waals surface area contributed by atoms with Crippen LogP contribution in [0.1, 0.15) is 48.3 Å². The number of Topliss-reactive ketones (excluding diaryl/α,β-unsaturated/α-hetero) is 1. The summed E-state index contributed by atoms with van der Waals surface area (Å²) in [6, 6.07) is 11.9. The molecule has 0 unspecified atom stereocenters. The molecule has 0 aliphatic rings. The fourth-order valence-electron chi connectivity index (χ4n) is 2.05. The minimum atomic E-state index is 0.0825. The van der Waals surface area contributed by atoms with E-state index in [0.717, 1.165) is 22.5 Å². The summed E-state index contributed by atoms with van der Waals surface area (Å²) in [5, 5.41) is 0. The van der Waals surface area contributed by atoms with E-state index in [0.29, 0.717) is 5.92 Å². The van der Waals surface area contributed by atoms with Crippen molar-refractivity contribution in [3.63, 3.8) is 0 Å². The Balaban J connectivity index is 2.63. The van der Waals surface area contributed by atoms with Crippen LogP contribution in [0.2, 0.25) is 0 Å². The van der Waals surface area contributed by atoms with Gasteiger partial charge in [0.1, 0.15) is 0 Å². The SMILES string of the molecule is CC(=O)c1cc(-c2ccccc2C)nc(C(C)C)c1. The van der Waals surface area contributed by atoms with E-state index in [1.165, 1.54) is 5.56 Å². The van der Waals surface area contributed by atoms with Crippen LogP contribution in [0.3, 0.4) is 0 Å². The van der Waals surface area contributed by atoms with Crippen molar-refractivity contribution >= 4 is 5.78 Å². The fourth-order valence-corrected chi connectivity index (χ4v) is 2.05. The van der Waals surface area contributed by atoms with Crippen LogP contribution in [-0.4, -0.2) is 10.8 Å². The van der Waals surface area contributed by atoms with Crippen molar-refractivity contribution in [2.24, 2.45) is 0 Å². The van der Waals surface area contributed by atoms with Gasteiger partial charge in [-0.25, -0.2) is 0 Å². The van der Waals surface area contributed by atoms with E-state index in [4.69, 9.17) is 4.98 Å². The second kappa shape index (κ2) is 5.35. The molecule has 1 aromatic heterocycles. The van der Waals surface area contributed by atoms with Gasteiger partial charge in [0.2, 0.25) is 0 Å². The quantitative estimate of drug-likeness (QED) is 0.760. The van der Waals surface area contributed by atoms with Gasteiger partial charge < -0.3 is 0 Å². The molecule has 19 heavy (non-hydrogen) atoms. The molecule has 2 rings (SSSR count). The van der Waals surface area contributed by atoms with E-state index in [1.54, 1.807) is 6.92 Å². The van der Waals surface area contributed by atoms with Gasteiger partial charge in [0.05, 0.1) is 5.69 Å². The molecule has 0 radical (unpaired) electrons. The number of carbonyl (C=O) groups is 1. The highest BCUT2D eigenvalue weighted by Crippen LogP contribution is 2.25. The zero-order valence-electron chi connectivity index (χ0n) is 11.9. The van der Waals surface area contributed by atoms with Gasteiger partial charge >= 0.3 is 0 Å². The van der Waals surface area contributed by atoms with Crippen molar-refractivity contribution in [1.82, 2.24) is 4.98 Å². The van der Waals surface area contributed by atoms with Crippen molar-refractivity contribution in [2.45, 2.75) is 33.6 Å². The smallest absolute Gasteiger partial charge is 0.159 e. The number of nitrogens with zero attached hydrogens (tertiary/aromatic N) is 1. The molecule has 1 aromatic carbocycles. The Kier molecular flexibility index (Phi) is 3.79. The third-order valence-corrected chi connectivity index (χ3v) is 3.26. The van der Waals surface area contributed by atoms with Crippen LogP contribution in [-0.2, 0) is 0 Å². The zero-order chi connectivity index (χ0) is 14.0. The summed E-state index contributed by atoms with van der Waals surface area (Å²) in [4.78, 5) is 16.4. The number of pyridine rings is 1. The van der Waals surface area contributed by atoms with Crippen molar-refractivity contribution < 1.29 is 4.79 Å². The predicted octanol–water partition coefficient (Wildman–Crippen LogP) is 4.38. The molecule has 0 saturated carbocycles.